The van der Waals surface area contributed by atoms with Gasteiger partial charge >= 0.3 is 0 Å². The van der Waals surface area contributed by atoms with Gasteiger partial charge < -0.3 is 15.7 Å². The lowest BCUT2D eigenvalue weighted by Crippen LogP contribution is -2.20. The van der Waals surface area contributed by atoms with Gasteiger partial charge in [-0.05, 0) is 12.1 Å². The van der Waals surface area contributed by atoms with E-state index in [0.717, 1.165) is 5.56 Å². The molecule has 1 aromatic carbocycles. The van der Waals surface area contributed by atoms with Crippen molar-refractivity contribution in [3.05, 3.63) is 54.0 Å². The molecular weight excluding hydrogens is 356 g/mol. The molecule has 28 heavy (non-hydrogen) atoms. The first-order valence-corrected chi connectivity index (χ1v) is 8.62. The minimum atomic E-state index is -0.789. The fourth-order valence-electron chi connectivity index (χ4n) is 2.62. The van der Waals surface area contributed by atoms with Crippen LogP contribution in [0.2, 0.25) is 0 Å². The van der Waals surface area contributed by atoms with Crippen molar-refractivity contribution in [2.45, 2.75) is 12.5 Å². The number of nitrogens with one attached hydrogen (secondary N) is 1. The Hall–Kier alpha value is -3.70. The van der Waals surface area contributed by atoms with Gasteiger partial charge in [-0.25, -0.2) is 9.97 Å². The zero-order valence-corrected chi connectivity index (χ0v) is 15.3. The molecular formula is C20H20N6O2. The lowest BCUT2D eigenvalue weighted by atomic mass is 10.1. The van der Waals surface area contributed by atoms with E-state index in [0.29, 0.717) is 30.0 Å². The summed E-state index contributed by atoms with van der Waals surface area (Å²) in [6.45, 7) is 0.543. The number of nitrogens with zero attached hydrogens (tertiary/aromatic N) is 4. The summed E-state index contributed by atoms with van der Waals surface area (Å²) in [6.07, 6.45) is 4.23. The molecule has 0 radical (unpaired) electrons. The van der Waals surface area contributed by atoms with Crippen molar-refractivity contribution in [3.8, 4) is 23.2 Å². The van der Waals surface area contributed by atoms with Gasteiger partial charge in [-0.2, -0.15) is 0 Å². The second-order valence-corrected chi connectivity index (χ2v) is 6.25. The molecule has 0 aliphatic carbocycles. The molecule has 0 saturated heterocycles. The van der Waals surface area contributed by atoms with Crippen LogP contribution >= 0.6 is 0 Å². The first kappa shape index (κ1) is 19.1. The predicted molar refractivity (Wildman–Crippen MR) is 106 cm³/mol. The van der Waals surface area contributed by atoms with E-state index in [4.69, 9.17) is 11.1 Å². The number of primary amides is 1. The van der Waals surface area contributed by atoms with Gasteiger partial charge in [0.05, 0.1) is 6.34 Å². The summed E-state index contributed by atoms with van der Waals surface area (Å²) >= 11 is 0. The maximum absolute atomic E-state index is 11.6. The molecule has 8 nitrogen and oxygen atoms in total. The molecule has 0 unspecified atom stereocenters. The van der Waals surface area contributed by atoms with E-state index in [1.54, 1.807) is 28.7 Å². The third-order valence-electron chi connectivity index (χ3n) is 4.12. The van der Waals surface area contributed by atoms with Crippen LogP contribution in [0.4, 0.5) is 0 Å². The quantitative estimate of drug-likeness (QED) is 0.338. The third-order valence-corrected chi connectivity index (χ3v) is 4.12. The third kappa shape index (κ3) is 4.34. The SMILES string of the molecule is CN(C=N)CC[C@@H](O)C#Cc1cccc(-c2nc(C(N)=O)cc3nccn23)c1. The Kier molecular flexibility index (Phi) is 5.67. The number of imidazole rings is 1. The molecule has 3 rings (SSSR count). The van der Waals surface area contributed by atoms with E-state index in [-0.39, 0.29) is 5.69 Å². The van der Waals surface area contributed by atoms with E-state index < -0.39 is 12.0 Å². The van der Waals surface area contributed by atoms with Crippen molar-refractivity contribution in [3.63, 3.8) is 0 Å². The summed E-state index contributed by atoms with van der Waals surface area (Å²) < 4.78 is 1.76. The molecule has 3 aromatic rings. The number of aromatic nitrogens is 3. The molecule has 0 aliphatic heterocycles. The van der Waals surface area contributed by atoms with Crippen LogP contribution in [-0.4, -0.2) is 56.3 Å². The number of carbonyl (C=O) groups excluding carboxylic acids is 1. The normalized spacial score (nSPS) is 11.5. The van der Waals surface area contributed by atoms with Gasteiger partial charge in [-0.1, -0.05) is 24.0 Å². The number of hydrogen-bond donors (Lipinski definition) is 3. The number of nitrogens with two attached hydrogens (primary N) is 1. The zero-order chi connectivity index (χ0) is 20.1. The van der Waals surface area contributed by atoms with Crippen LogP contribution in [0, 0.1) is 17.3 Å². The van der Waals surface area contributed by atoms with Crippen LogP contribution in [0.25, 0.3) is 17.0 Å². The summed E-state index contributed by atoms with van der Waals surface area (Å²) in [5.74, 6) is 5.67. The van der Waals surface area contributed by atoms with Crippen LogP contribution in [0.15, 0.2) is 42.7 Å². The Labute approximate surface area is 162 Å². The molecule has 0 spiro atoms. The fourth-order valence-corrected chi connectivity index (χ4v) is 2.62. The smallest absolute Gasteiger partial charge is 0.267 e. The fraction of sp³-hybridized carbons (Fsp3) is 0.200. The van der Waals surface area contributed by atoms with Gasteiger partial charge in [0.15, 0.2) is 0 Å². The Morgan fingerprint density at radius 2 is 2.29 bits per heavy atom. The molecule has 4 N–H and O–H groups in total. The Balaban J connectivity index is 1.90. The molecule has 8 heteroatoms. The highest BCUT2D eigenvalue weighted by Crippen LogP contribution is 2.20. The average molecular weight is 376 g/mol. The number of benzene rings is 1. The van der Waals surface area contributed by atoms with Crippen LogP contribution in [0.1, 0.15) is 22.5 Å². The van der Waals surface area contributed by atoms with E-state index >= 15 is 0 Å². The van der Waals surface area contributed by atoms with Crippen molar-refractivity contribution in [2.75, 3.05) is 13.6 Å². The average Bonchev–Trinajstić information content (AvgIpc) is 3.18. The van der Waals surface area contributed by atoms with Gasteiger partial charge in [0.25, 0.3) is 5.91 Å². The Bertz CT molecular complexity index is 1080. The first-order chi connectivity index (χ1) is 13.5. The molecule has 2 heterocycles. The van der Waals surface area contributed by atoms with E-state index in [1.165, 1.54) is 12.4 Å². The van der Waals surface area contributed by atoms with Gasteiger partial charge in [-0.15, -0.1) is 0 Å². The highest BCUT2D eigenvalue weighted by molar-refractivity contribution is 5.92. The second-order valence-electron chi connectivity index (χ2n) is 6.25. The topological polar surface area (TPSA) is 121 Å². The first-order valence-electron chi connectivity index (χ1n) is 8.62. The number of rotatable bonds is 6. The summed E-state index contributed by atoms with van der Waals surface area (Å²) in [5.41, 5.74) is 7.54. The monoisotopic (exact) mass is 376 g/mol. The second kappa shape index (κ2) is 8.33. The minimum absolute atomic E-state index is 0.135. The molecule has 0 fully saturated rings. The Morgan fingerprint density at radius 3 is 3.04 bits per heavy atom. The number of amides is 1. The molecule has 2 aromatic heterocycles. The van der Waals surface area contributed by atoms with Crippen molar-refractivity contribution >= 4 is 17.9 Å². The zero-order valence-electron chi connectivity index (χ0n) is 15.3. The van der Waals surface area contributed by atoms with Gasteiger partial charge in [0.2, 0.25) is 0 Å². The summed E-state index contributed by atoms with van der Waals surface area (Å²) in [7, 11) is 1.76. The van der Waals surface area contributed by atoms with Crippen LogP contribution < -0.4 is 5.73 Å². The predicted octanol–water partition coefficient (Wildman–Crippen LogP) is 1.14. The molecule has 0 bridgehead atoms. The van der Waals surface area contributed by atoms with Crippen LogP contribution in [0.3, 0.4) is 0 Å². The summed E-state index contributed by atoms with van der Waals surface area (Å²) in [4.78, 5) is 21.8. The maximum atomic E-state index is 11.6. The highest BCUT2D eigenvalue weighted by atomic mass is 16.3. The van der Waals surface area contributed by atoms with E-state index in [9.17, 15) is 9.90 Å². The molecule has 1 amide bonds. The largest absolute Gasteiger partial charge is 0.380 e. The van der Waals surface area contributed by atoms with E-state index in [2.05, 4.69) is 21.8 Å². The number of carbonyl (C=O) groups is 1. The highest BCUT2D eigenvalue weighted by Gasteiger charge is 2.12. The molecule has 0 saturated carbocycles. The maximum Gasteiger partial charge on any atom is 0.267 e. The van der Waals surface area contributed by atoms with Crippen molar-refractivity contribution in [2.24, 2.45) is 5.73 Å². The summed E-state index contributed by atoms with van der Waals surface area (Å²) in [6, 6.07) is 8.88. The summed E-state index contributed by atoms with van der Waals surface area (Å²) in [5, 5.41) is 17.1. The number of hydrogen-bond acceptors (Lipinski definition) is 5. The van der Waals surface area contributed by atoms with Crippen LogP contribution in [-0.2, 0) is 0 Å². The number of aliphatic hydroxyl groups is 1. The van der Waals surface area contributed by atoms with Crippen molar-refractivity contribution in [1.82, 2.24) is 19.3 Å². The van der Waals surface area contributed by atoms with E-state index in [1.807, 2.05) is 24.3 Å². The van der Waals surface area contributed by atoms with Crippen molar-refractivity contribution in [1.29, 1.82) is 5.41 Å². The van der Waals surface area contributed by atoms with Crippen molar-refractivity contribution < 1.29 is 9.90 Å². The lowest BCUT2D eigenvalue weighted by molar-refractivity contribution is 0.0995. The number of aliphatic hydroxyl groups excluding tert-OH is 1. The number of fused-ring (bicyclic) bond motifs is 1. The molecule has 1 atom stereocenters. The minimum Gasteiger partial charge on any atom is -0.380 e. The standard InChI is InChI=1S/C20H20N6O2/c1-25(13-21)9-7-16(27)6-5-14-3-2-4-15(11-14)20-24-17(19(22)28)12-18-23-8-10-26(18)20/h2-4,8,10-13,16,21,27H,7,9H2,1H3,(H2,22,28)/t16-/m0/s1. The van der Waals surface area contributed by atoms with Gasteiger partial charge in [0, 0.05) is 49.6 Å². The van der Waals surface area contributed by atoms with Crippen LogP contribution in [0.5, 0.6) is 0 Å². The molecule has 0 aliphatic rings. The lowest BCUT2D eigenvalue weighted by Gasteiger charge is -2.12. The van der Waals surface area contributed by atoms with Gasteiger partial charge in [0.1, 0.15) is 23.3 Å². The Morgan fingerprint density at radius 1 is 1.46 bits per heavy atom. The van der Waals surface area contributed by atoms with Gasteiger partial charge in [-0.3, -0.25) is 14.6 Å². The molecule has 142 valence electrons.